The molecule has 0 fully saturated rings. The maximum atomic E-state index is 13.5. The molecule has 1 atom stereocenters. The molecule has 0 aliphatic rings. The molecule has 0 aliphatic carbocycles. The minimum Gasteiger partial charge on any atom is -0.313 e. The molecule has 0 amide bonds. The molecule has 0 heterocycles. The minimum atomic E-state index is -0.173. The number of benzene rings is 1. The Bertz CT molecular complexity index is 383. The Morgan fingerprint density at radius 1 is 1.26 bits per heavy atom. The lowest BCUT2D eigenvalue weighted by molar-refractivity contribution is 0.230. The molecule has 0 saturated carbocycles. The number of hydrogen-bond acceptors (Lipinski definition) is 1. The fourth-order valence-electron chi connectivity index (χ4n) is 2.15. The predicted molar refractivity (Wildman–Crippen MR) is 84.0 cm³/mol. The molecule has 0 radical (unpaired) electrons. The molecule has 1 aromatic rings. The zero-order chi connectivity index (χ0) is 14.5. The highest BCUT2D eigenvalue weighted by Gasteiger charge is 2.27. The Kier molecular flexibility index (Phi) is 6.48. The lowest BCUT2D eigenvalue weighted by atomic mass is 9.79. The summed E-state index contributed by atoms with van der Waals surface area (Å²) in [5, 5.41) is 3.61. The smallest absolute Gasteiger partial charge is 0.124 e. The van der Waals surface area contributed by atoms with Crippen LogP contribution in [0.25, 0.3) is 0 Å². The van der Waals surface area contributed by atoms with Crippen molar-refractivity contribution < 1.29 is 4.39 Å². The van der Waals surface area contributed by atoms with Crippen LogP contribution in [0, 0.1) is 11.2 Å². The van der Waals surface area contributed by atoms with Crippen molar-refractivity contribution in [1.82, 2.24) is 5.32 Å². The van der Waals surface area contributed by atoms with E-state index in [2.05, 4.69) is 48.9 Å². The molecule has 108 valence electrons. The normalized spacial score (nSPS) is 13.6. The maximum Gasteiger partial charge on any atom is 0.124 e. The molecular formula is C16H25BrFN. The second-order valence-electron chi connectivity index (χ2n) is 5.83. The van der Waals surface area contributed by atoms with Gasteiger partial charge < -0.3 is 5.32 Å². The summed E-state index contributed by atoms with van der Waals surface area (Å²) in [6, 6.07) is 5.52. The Morgan fingerprint density at radius 3 is 2.47 bits per heavy atom. The van der Waals surface area contributed by atoms with Gasteiger partial charge in [0.1, 0.15) is 5.82 Å². The third kappa shape index (κ3) is 5.23. The molecule has 1 unspecified atom stereocenters. The van der Waals surface area contributed by atoms with Crippen molar-refractivity contribution in [2.45, 2.75) is 53.0 Å². The van der Waals surface area contributed by atoms with Crippen LogP contribution in [0.1, 0.15) is 46.1 Å². The third-order valence-corrected chi connectivity index (χ3v) is 4.32. The summed E-state index contributed by atoms with van der Waals surface area (Å²) in [5.41, 5.74) is 1.25. The monoisotopic (exact) mass is 329 g/mol. The molecule has 0 spiro atoms. The van der Waals surface area contributed by atoms with E-state index in [0.717, 1.165) is 35.8 Å². The molecule has 1 aromatic carbocycles. The van der Waals surface area contributed by atoms with E-state index < -0.39 is 0 Å². The zero-order valence-electron chi connectivity index (χ0n) is 12.4. The average Bonchev–Trinajstić information content (AvgIpc) is 2.33. The predicted octanol–water partition coefficient (Wildman–Crippen LogP) is 4.94. The van der Waals surface area contributed by atoms with E-state index in [1.54, 1.807) is 6.07 Å². The minimum absolute atomic E-state index is 0.173. The summed E-state index contributed by atoms with van der Waals surface area (Å²) >= 11 is 3.36. The second kappa shape index (κ2) is 7.39. The Balaban J connectivity index is 2.87. The molecular weight excluding hydrogens is 305 g/mol. The highest BCUT2D eigenvalue weighted by atomic mass is 79.9. The molecule has 0 bridgehead atoms. The zero-order valence-corrected chi connectivity index (χ0v) is 14.0. The van der Waals surface area contributed by atoms with Crippen LogP contribution in [0.2, 0.25) is 0 Å². The molecule has 0 saturated heterocycles. The van der Waals surface area contributed by atoms with Crippen molar-refractivity contribution >= 4 is 15.9 Å². The SMILES string of the molecule is CCCNC(Cc1cc(F)cc(Br)c1)C(C)(C)CC. The summed E-state index contributed by atoms with van der Waals surface area (Å²) in [4.78, 5) is 0. The molecule has 1 nitrogen and oxygen atoms in total. The first-order chi connectivity index (χ1) is 8.89. The van der Waals surface area contributed by atoms with E-state index in [4.69, 9.17) is 0 Å². The Morgan fingerprint density at radius 2 is 1.95 bits per heavy atom. The first-order valence-electron chi connectivity index (χ1n) is 7.07. The van der Waals surface area contributed by atoms with Crippen molar-refractivity contribution in [2.75, 3.05) is 6.54 Å². The van der Waals surface area contributed by atoms with Crippen LogP contribution in [0.15, 0.2) is 22.7 Å². The average molecular weight is 330 g/mol. The second-order valence-corrected chi connectivity index (χ2v) is 6.75. The number of nitrogens with one attached hydrogen (secondary N) is 1. The van der Waals surface area contributed by atoms with Crippen molar-refractivity contribution in [3.63, 3.8) is 0 Å². The first kappa shape index (κ1) is 16.6. The van der Waals surface area contributed by atoms with Gasteiger partial charge in [-0.05, 0) is 55.0 Å². The van der Waals surface area contributed by atoms with Crippen molar-refractivity contribution in [3.05, 3.63) is 34.1 Å². The van der Waals surface area contributed by atoms with Gasteiger partial charge in [-0.15, -0.1) is 0 Å². The topological polar surface area (TPSA) is 12.0 Å². The van der Waals surface area contributed by atoms with E-state index in [1.165, 1.54) is 6.07 Å². The largest absolute Gasteiger partial charge is 0.313 e. The van der Waals surface area contributed by atoms with Gasteiger partial charge in [0.05, 0.1) is 0 Å². The van der Waals surface area contributed by atoms with Crippen LogP contribution in [0.5, 0.6) is 0 Å². The van der Waals surface area contributed by atoms with Gasteiger partial charge >= 0.3 is 0 Å². The lowest BCUT2D eigenvalue weighted by Gasteiger charge is -2.34. The van der Waals surface area contributed by atoms with Gasteiger partial charge in [-0.3, -0.25) is 0 Å². The van der Waals surface area contributed by atoms with E-state index in [-0.39, 0.29) is 11.2 Å². The van der Waals surface area contributed by atoms with Gasteiger partial charge in [0.25, 0.3) is 0 Å². The van der Waals surface area contributed by atoms with Gasteiger partial charge in [-0.25, -0.2) is 4.39 Å². The number of rotatable bonds is 7. The van der Waals surface area contributed by atoms with Crippen LogP contribution in [-0.4, -0.2) is 12.6 Å². The van der Waals surface area contributed by atoms with Crippen LogP contribution >= 0.6 is 15.9 Å². The Labute approximate surface area is 125 Å². The molecule has 0 aliphatic heterocycles. The van der Waals surface area contributed by atoms with Gasteiger partial charge in [0.15, 0.2) is 0 Å². The first-order valence-corrected chi connectivity index (χ1v) is 7.86. The van der Waals surface area contributed by atoms with Crippen molar-refractivity contribution in [1.29, 1.82) is 0 Å². The summed E-state index contributed by atoms with van der Waals surface area (Å²) in [7, 11) is 0. The standard InChI is InChI=1S/C16H25BrFN/c1-5-7-19-15(16(3,4)6-2)10-12-8-13(17)11-14(18)9-12/h8-9,11,15,19H,5-7,10H2,1-4H3. The van der Waals surface area contributed by atoms with Crippen LogP contribution in [0.3, 0.4) is 0 Å². The van der Waals surface area contributed by atoms with Crippen molar-refractivity contribution in [2.24, 2.45) is 5.41 Å². The molecule has 1 N–H and O–H groups in total. The van der Waals surface area contributed by atoms with Gasteiger partial charge in [0.2, 0.25) is 0 Å². The van der Waals surface area contributed by atoms with Crippen molar-refractivity contribution in [3.8, 4) is 0 Å². The molecule has 1 rings (SSSR count). The van der Waals surface area contributed by atoms with Gasteiger partial charge in [-0.2, -0.15) is 0 Å². The summed E-state index contributed by atoms with van der Waals surface area (Å²) < 4.78 is 14.3. The molecule has 0 aromatic heterocycles. The highest BCUT2D eigenvalue weighted by Crippen LogP contribution is 2.28. The van der Waals surface area contributed by atoms with E-state index in [9.17, 15) is 4.39 Å². The molecule has 19 heavy (non-hydrogen) atoms. The van der Waals surface area contributed by atoms with Crippen LogP contribution < -0.4 is 5.32 Å². The quantitative estimate of drug-likeness (QED) is 0.747. The number of halogens is 2. The van der Waals surface area contributed by atoms with Crippen LogP contribution in [-0.2, 0) is 6.42 Å². The van der Waals surface area contributed by atoms with Crippen LogP contribution in [0.4, 0.5) is 4.39 Å². The summed E-state index contributed by atoms with van der Waals surface area (Å²) in [5.74, 6) is -0.173. The summed E-state index contributed by atoms with van der Waals surface area (Å²) in [6.45, 7) is 9.93. The van der Waals surface area contributed by atoms with Gasteiger partial charge in [-0.1, -0.05) is 43.6 Å². The van der Waals surface area contributed by atoms with E-state index >= 15 is 0 Å². The van der Waals surface area contributed by atoms with E-state index in [1.807, 2.05) is 6.07 Å². The van der Waals surface area contributed by atoms with Gasteiger partial charge in [0, 0.05) is 10.5 Å². The Hall–Kier alpha value is -0.410. The maximum absolute atomic E-state index is 13.5. The third-order valence-electron chi connectivity index (χ3n) is 3.86. The fourth-order valence-corrected chi connectivity index (χ4v) is 2.67. The fraction of sp³-hybridized carbons (Fsp3) is 0.625. The van der Waals surface area contributed by atoms with E-state index in [0.29, 0.717) is 6.04 Å². The molecule has 3 heteroatoms. The summed E-state index contributed by atoms with van der Waals surface area (Å²) in [6.07, 6.45) is 3.07. The highest BCUT2D eigenvalue weighted by molar-refractivity contribution is 9.10. The number of hydrogen-bond donors (Lipinski definition) is 1. The lowest BCUT2D eigenvalue weighted by Crippen LogP contribution is -2.43.